The van der Waals surface area contributed by atoms with Crippen LogP contribution in [0.4, 0.5) is 0 Å². The van der Waals surface area contributed by atoms with Crippen molar-refractivity contribution in [1.82, 2.24) is 9.97 Å². The fourth-order valence-electron chi connectivity index (χ4n) is 1.68. The molecule has 17 heavy (non-hydrogen) atoms. The van der Waals surface area contributed by atoms with Crippen LogP contribution in [0.5, 0.6) is 11.6 Å². The predicted molar refractivity (Wildman–Crippen MR) is 67.6 cm³/mol. The Labute approximate surface area is 103 Å². The summed E-state index contributed by atoms with van der Waals surface area (Å²) in [6.07, 6.45) is 3.45. The minimum atomic E-state index is 0.531. The van der Waals surface area contributed by atoms with Crippen LogP contribution in [0.3, 0.4) is 0 Å². The van der Waals surface area contributed by atoms with E-state index in [4.69, 9.17) is 16.3 Å². The second kappa shape index (κ2) is 4.11. The van der Waals surface area contributed by atoms with E-state index in [9.17, 15) is 0 Å². The van der Waals surface area contributed by atoms with E-state index in [2.05, 4.69) is 9.97 Å². The molecule has 0 amide bonds. The van der Waals surface area contributed by atoms with E-state index in [1.165, 1.54) is 0 Å². The van der Waals surface area contributed by atoms with Gasteiger partial charge in [-0.15, -0.1) is 0 Å². The Balaban J connectivity index is 1.99. The topological polar surface area (TPSA) is 37.9 Å². The summed E-state index contributed by atoms with van der Waals surface area (Å²) in [6.45, 7) is 0. The molecule has 0 aliphatic carbocycles. The summed E-state index contributed by atoms with van der Waals surface area (Å²) < 4.78 is 5.72. The molecular formula is C13H9ClN2O. The molecule has 0 saturated heterocycles. The third-order valence-corrected chi connectivity index (χ3v) is 2.69. The standard InChI is InChI=1S/C13H9ClN2O/c14-9-4-5-13(16-8-9)17-12-3-1-2-11-10(12)6-7-15-11/h1-8,15H. The number of benzene rings is 1. The second-order valence-corrected chi connectivity index (χ2v) is 4.05. The Morgan fingerprint density at radius 2 is 2.06 bits per heavy atom. The van der Waals surface area contributed by atoms with Crippen molar-refractivity contribution in [2.45, 2.75) is 0 Å². The van der Waals surface area contributed by atoms with Crippen molar-refractivity contribution in [3.63, 3.8) is 0 Å². The van der Waals surface area contributed by atoms with E-state index < -0.39 is 0 Å². The molecule has 0 unspecified atom stereocenters. The van der Waals surface area contributed by atoms with E-state index in [-0.39, 0.29) is 0 Å². The lowest BCUT2D eigenvalue weighted by Crippen LogP contribution is -1.87. The normalized spacial score (nSPS) is 10.6. The maximum atomic E-state index is 5.77. The Hall–Kier alpha value is -2.00. The van der Waals surface area contributed by atoms with E-state index in [1.54, 1.807) is 18.3 Å². The van der Waals surface area contributed by atoms with E-state index in [1.807, 2.05) is 30.5 Å². The number of aromatic nitrogens is 2. The molecule has 2 heterocycles. The van der Waals surface area contributed by atoms with Gasteiger partial charge in [-0.3, -0.25) is 0 Å². The van der Waals surface area contributed by atoms with Crippen molar-refractivity contribution in [1.29, 1.82) is 0 Å². The molecule has 84 valence electrons. The summed E-state index contributed by atoms with van der Waals surface area (Å²) in [5.74, 6) is 1.31. The maximum absolute atomic E-state index is 5.77. The Morgan fingerprint density at radius 1 is 1.12 bits per heavy atom. The van der Waals surface area contributed by atoms with Crippen molar-refractivity contribution in [2.24, 2.45) is 0 Å². The number of H-pyrrole nitrogens is 1. The zero-order valence-electron chi connectivity index (χ0n) is 8.85. The molecule has 0 bridgehead atoms. The molecule has 3 nitrogen and oxygen atoms in total. The maximum Gasteiger partial charge on any atom is 0.219 e. The van der Waals surface area contributed by atoms with Crippen LogP contribution in [0.15, 0.2) is 48.8 Å². The van der Waals surface area contributed by atoms with E-state index >= 15 is 0 Å². The first-order valence-corrected chi connectivity index (χ1v) is 5.56. The monoisotopic (exact) mass is 244 g/mol. The van der Waals surface area contributed by atoms with Gasteiger partial charge in [0.05, 0.1) is 5.02 Å². The molecule has 0 aliphatic heterocycles. The van der Waals surface area contributed by atoms with Gasteiger partial charge >= 0.3 is 0 Å². The third kappa shape index (κ3) is 1.97. The van der Waals surface area contributed by atoms with Crippen LogP contribution in [0, 0.1) is 0 Å². The number of nitrogens with one attached hydrogen (secondary N) is 1. The molecule has 0 spiro atoms. The number of hydrogen-bond donors (Lipinski definition) is 1. The SMILES string of the molecule is Clc1ccc(Oc2cccc3[nH]ccc23)nc1. The number of halogens is 1. The average Bonchev–Trinajstić information content (AvgIpc) is 2.81. The first-order valence-electron chi connectivity index (χ1n) is 5.18. The van der Waals surface area contributed by atoms with Gasteiger partial charge in [0.25, 0.3) is 0 Å². The van der Waals surface area contributed by atoms with Crippen LogP contribution in [-0.2, 0) is 0 Å². The number of ether oxygens (including phenoxy) is 1. The molecule has 1 N–H and O–H groups in total. The number of aromatic amines is 1. The van der Waals surface area contributed by atoms with Crippen LogP contribution in [0.2, 0.25) is 5.02 Å². The summed E-state index contributed by atoms with van der Waals surface area (Å²) in [5, 5.41) is 1.63. The highest BCUT2D eigenvalue weighted by molar-refractivity contribution is 6.30. The van der Waals surface area contributed by atoms with Crippen molar-refractivity contribution >= 4 is 22.5 Å². The highest BCUT2D eigenvalue weighted by atomic mass is 35.5. The smallest absolute Gasteiger partial charge is 0.219 e. The Morgan fingerprint density at radius 3 is 2.88 bits per heavy atom. The molecule has 4 heteroatoms. The van der Waals surface area contributed by atoms with Gasteiger partial charge < -0.3 is 9.72 Å². The van der Waals surface area contributed by atoms with Gasteiger partial charge in [0, 0.05) is 29.4 Å². The molecule has 2 aromatic heterocycles. The molecule has 3 aromatic rings. The fourth-order valence-corrected chi connectivity index (χ4v) is 1.79. The first kappa shape index (κ1) is 10.2. The lowest BCUT2D eigenvalue weighted by Gasteiger charge is -2.05. The number of fused-ring (bicyclic) bond motifs is 1. The molecule has 0 radical (unpaired) electrons. The average molecular weight is 245 g/mol. The highest BCUT2D eigenvalue weighted by Crippen LogP contribution is 2.28. The first-order chi connectivity index (χ1) is 8.33. The van der Waals surface area contributed by atoms with Gasteiger partial charge in [-0.1, -0.05) is 17.7 Å². The summed E-state index contributed by atoms with van der Waals surface area (Å²) in [5.41, 5.74) is 1.04. The Kier molecular flexibility index (Phi) is 2.46. The highest BCUT2D eigenvalue weighted by Gasteiger charge is 2.04. The number of nitrogens with zero attached hydrogens (tertiary/aromatic N) is 1. The van der Waals surface area contributed by atoms with Crippen molar-refractivity contribution in [2.75, 3.05) is 0 Å². The van der Waals surface area contributed by atoms with Gasteiger partial charge in [0.15, 0.2) is 0 Å². The summed E-state index contributed by atoms with van der Waals surface area (Å²) >= 11 is 5.77. The van der Waals surface area contributed by atoms with Crippen LogP contribution >= 0.6 is 11.6 Å². The molecular weight excluding hydrogens is 236 g/mol. The number of pyridine rings is 1. The second-order valence-electron chi connectivity index (χ2n) is 3.61. The van der Waals surface area contributed by atoms with Crippen molar-refractivity contribution in [3.8, 4) is 11.6 Å². The van der Waals surface area contributed by atoms with Crippen molar-refractivity contribution in [3.05, 3.63) is 53.8 Å². The Bertz CT molecular complexity index is 646. The molecule has 0 atom stereocenters. The predicted octanol–water partition coefficient (Wildman–Crippen LogP) is 4.01. The van der Waals surface area contributed by atoms with Gasteiger partial charge in [-0.25, -0.2) is 4.98 Å². The third-order valence-electron chi connectivity index (χ3n) is 2.47. The summed E-state index contributed by atoms with van der Waals surface area (Å²) in [6, 6.07) is 11.3. The zero-order valence-corrected chi connectivity index (χ0v) is 9.61. The minimum absolute atomic E-state index is 0.531. The van der Waals surface area contributed by atoms with Crippen LogP contribution in [0.25, 0.3) is 10.9 Å². The van der Waals surface area contributed by atoms with Gasteiger partial charge in [0.2, 0.25) is 5.88 Å². The molecule has 0 saturated carbocycles. The minimum Gasteiger partial charge on any atom is -0.438 e. The fraction of sp³-hybridized carbons (Fsp3) is 0. The van der Waals surface area contributed by atoms with Gasteiger partial charge in [0.1, 0.15) is 5.75 Å². The van der Waals surface area contributed by atoms with Gasteiger partial charge in [-0.05, 0) is 24.3 Å². The van der Waals surface area contributed by atoms with Crippen LogP contribution in [-0.4, -0.2) is 9.97 Å². The molecule has 1 aromatic carbocycles. The van der Waals surface area contributed by atoms with Gasteiger partial charge in [-0.2, -0.15) is 0 Å². The van der Waals surface area contributed by atoms with E-state index in [0.29, 0.717) is 10.9 Å². The number of hydrogen-bond acceptors (Lipinski definition) is 2. The largest absolute Gasteiger partial charge is 0.438 e. The summed E-state index contributed by atoms with van der Waals surface area (Å²) in [4.78, 5) is 7.23. The lowest BCUT2D eigenvalue weighted by molar-refractivity contribution is 0.468. The van der Waals surface area contributed by atoms with Crippen LogP contribution < -0.4 is 4.74 Å². The van der Waals surface area contributed by atoms with E-state index in [0.717, 1.165) is 16.7 Å². The number of rotatable bonds is 2. The van der Waals surface area contributed by atoms with Crippen LogP contribution in [0.1, 0.15) is 0 Å². The zero-order chi connectivity index (χ0) is 11.7. The molecule has 0 aliphatic rings. The lowest BCUT2D eigenvalue weighted by atomic mass is 10.2. The van der Waals surface area contributed by atoms with Crippen molar-refractivity contribution < 1.29 is 4.74 Å². The quantitative estimate of drug-likeness (QED) is 0.740. The molecule has 0 fully saturated rings. The molecule has 3 rings (SSSR count). The summed E-state index contributed by atoms with van der Waals surface area (Å²) in [7, 11) is 0.